The standard InChI is InChI=1S/C27H23F2N3O5/c1-27(2,35)11-9-16-7-8-23-22(13-16)32(3)26(34)21(15-36-23)31-25(33)20-14-17(10-12-30-20)37-24-18(28)5-4-6-19(24)29/h4-8,10,12-14,21,35H,15H2,1-3H3,(H,31,33)/t21-/m0/s1. The summed E-state index contributed by atoms with van der Waals surface area (Å²) in [4.78, 5) is 31.3. The first-order valence-electron chi connectivity index (χ1n) is 11.2. The molecule has 2 heterocycles. The molecule has 0 bridgehead atoms. The predicted octanol–water partition coefficient (Wildman–Crippen LogP) is 3.43. The highest BCUT2D eigenvalue weighted by atomic mass is 19.1. The minimum atomic E-state index is -1.18. The number of rotatable bonds is 4. The number of nitrogens with one attached hydrogen (secondary N) is 1. The van der Waals surface area contributed by atoms with Gasteiger partial charge in [0.1, 0.15) is 35.4 Å². The molecule has 1 aliphatic heterocycles. The molecule has 190 valence electrons. The number of carbonyl (C=O) groups is 2. The van der Waals surface area contributed by atoms with Gasteiger partial charge in [0, 0.05) is 24.9 Å². The number of aliphatic hydroxyl groups is 1. The summed E-state index contributed by atoms with van der Waals surface area (Å²) in [5.74, 6) is 2.40. The van der Waals surface area contributed by atoms with Crippen molar-refractivity contribution in [2.75, 3.05) is 18.6 Å². The van der Waals surface area contributed by atoms with E-state index >= 15 is 0 Å². The average molecular weight is 507 g/mol. The van der Waals surface area contributed by atoms with Crippen LogP contribution in [0.1, 0.15) is 29.9 Å². The summed E-state index contributed by atoms with van der Waals surface area (Å²) in [5, 5.41) is 12.4. The van der Waals surface area contributed by atoms with Crippen LogP contribution in [0.25, 0.3) is 0 Å². The minimum Gasteiger partial charge on any atom is -0.489 e. The fourth-order valence-electron chi connectivity index (χ4n) is 3.43. The van der Waals surface area contributed by atoms with Crippen LogP contribution in [0.4, 0.5) is 14.5 Å². The van der Waals surface area contributed by atoms with Gasteiger partial charge in [-0.1, -0.05) is 17.9 Å². The molecular formula is C27H23F2N3O5. The molecule has 0 radical (unpaired) electrons. The molecule has 0 spiro atoms. The largest absolute Gasteiger partial charge is 0.489 e. The summed E-state index contributed by atoms with van der Waals surface area (Å²) >= 11 is 0. The second-order valence-electron chi connectivity index (χ2n) is 8.76. The number of hydrogen-bond acceptors (Lipinski definition) is 6. The summed E-state index contributed by atoms with van der Waals surface area (Å²) < 4.78 is 38.9. The van der Waals surface area contributed by atoms with Gasteiger partial charge in [-0.2, -0.15) is 0 Å². The van der Waals surface area contributed by atoms with Crippen molar-refractivity contribution >= 4 is 17.5 Å². The van der Waals surface area contributed by atoms with Crippen molar-refractivity contribution in [1.82, 2.24) is 10.3 Å². The van der Waals surface area contributed by atoms with Gasteiger partial charge in [0.25, 0.3) is 11.8 Å². The van der Waals surface area contributed by atoms with Crippen LogP contribution in [-0.2, 0) is 4.79 Å². The lowest BCUT2D eigenvalue weighted by Gasteiger charge is -2.20. The van der Waals surface area contributed by atoms with Crippen LogP contribution in [0.15, 0.2) is 54.7 Å². The average Bonchev–Trinajstić information content (AvgIpc) is 2.97. The number of carbonyl (C=O) groups excluding carboxylic acids is 2. The highest BCUT2D eigenvalue weighted by molar-refractivity contribution is 6.03. The first kappa shape index (κ1) is 25.6. The number of pyridine rings is 1. The molecule has 0 saturated carbocycles. The van der Waals surface area contributed by atoms with Crippen LogP contribution in [-0.4, -0.2) is 47.2 Å². The lowest BCUT2D eigenvalue weighted by atomic mass is 10.1. The second kappa shape index (κ2) is 10.2. The number of aromatic nitrogens is 1. The Balaban J connectivity index is 1.50. The Morgan fingerprint density at radius 2 is 1.95 bits per heavy atom. The normalized spacial score (nSPS) is 15.0. The molecule has 8 nitrogen and oxygen atoms in total. The first-order valence-corrected chi connectivity index (χ1v) is 11.2. The van der Waals surface area contributed by atoms with Crippen molar-refractivity contribution in [2.45, 2.75) is 25.5 Å². The number of fused-ring (bicyclic) bond motifs is 1. The number of ether oxygens (including phenoxy) is 2. The first-order chi connectivity index (χ1) is 17.5. The molecule has 10 heteroatoms. The van der Waals surface area contributed by atoms with Gasteiger partial charge < -0.3 is 24.8 Å². The second-order valence-corrected chi connectivity index (χ2v) is 8.76. The van der Waals surface area contributed by atoms with Gasteiger partial charge >= 0.3 is 0 Å². The van der Waals surface area contributed by atoms with Crippen LogP contribution < -0.4 is 19.7 Å². The fourth-order valence-corrected chi connectivity index (χ4v) is 3.43. The zero-order chi connectivity index (χ0) is 26.7. The van der Waals surface area contributed by atoms with Crippen LogP contribution in [0.5, 0.6) is 17.2 Å². The van der Waals surface area contributed by atoms with Crippen molar-refractivity contribution in [2.24, 2.45) is 0 Å². The van der Waals surface area contributed by atoms with Crippen LogP contribution in [0.3, 0.4) is 0 Å². The van der Waals surface area contributed by atoms with E-state index in [-0.39, 0.29) is 18.1 Å². The van der Waals surface area contributed by atoms with Crippen LogP contribution >= 0.6 is 0 Å². The molecule has 2 amide bonds. The van der Waals surface area contributed by atoms with Gasteiger partial charge in [-0.05, 0) is 50.2 Å². The Morgan fingerprint density at radius 3 is 2.65 bits per heavy atom. The van der Waals surface area contributed by atoms with E-state index < -0.39 is 40.8 Å². The number of amides is 2. The predicted molar refractivity (Wildman–Crippen MR) is 130 cm³/mol. The molecule has 2 N–H and O–H groups in total. The summed E-state index contributed by atoms with van der Waals surface area (Å²) in [5.41, 5.74) is -0.292. The Bertz CT molecular complexity index is 1410. The van der Waals surface area contributed by atoms with Crippen molar-refractivity contribution in [3.8, 4) is 29.1 Å². The van der Waals surface area contributed by atoms with Crippen molar-refractivity contribution in [3.63, 3.8) is 0 Å². The van der Waals surface area contributed by atoms with Gasteiger partial charge in [-0.25, -0.2) is 8.78 Å². The zero-order valence-electron chi connectivity index (χ0n) is 20.2. The number of likely N-dealkylation sites (N-methyl/N-ethyl adjacent to an activating group) is 1. The molecule has 0 saturated heterocycles. The number of para-hydroxylation sites is 1. The van der Waals surface area contributed by atoms with Crippen molar-refractivity contribution < 1.29 is 33.0 Å². The number of halogens is 2. The van der Waals surface area contributed by atoms with Gasteiger partial charge in [0.15, 0.2) is 17.4 Å². The van der Waals surface area contributed by atoms with E-state index in [4.69, 9.17) is 9.47 Å². The fraction of sp³-hybridized carbons (Fsp3) is 0.222. The summed E-state index contributed by atoms with van der Waals surface area (Å²) in [6, 6.07) is 9.79. The number of hydrogen-bond donors (Lipinski definition) is 2. The minimum absolute atomic E-state index is 0.0168. The maximum Gasteiger partial charge on any atom is 0.270 e. The third kappa shape index (κ3) is 6.02. The topological polar surface area (TPSA) is 101 Å². The van der Waals surface area contributed by atoms with Gasteiger partial charge in [0.05, 0.1) is 5.69 Å². The number of anilines is 1. The summed E-state index contributed by atoms with van der Waals surface area (Å²) in [6.07, 6.45) is 1.24. The van der Waals surface area contributed by atoms with Crippen molar-refractivity contribution in [1.29, 1.82) is 0 Å². The third-order valence-corrected chi connectivity index (χ3v) is 5.28. The molecule has 37 heavy (non-hydrogen) atoms. The SMILES string of the molecule is CN1C(=O)[C@@H](NC(=O)c2cc(Oc3c(F)cccc3F)ccn2)COc2ccc(C#CC(C)(C)O)cc21. The molecule has 4 rings (SSSR count). The van der Waals surface area contributed by atoms with E-state index in [9.17, 15) is 23.5 Å². The summed E-state index contributed by atoms with van der Waals surface area (Å²) in [7, 11) is 1.54. The van der Waals surface area contributed by atoms with Crippen LogP contribution in [0.2, 0.25) is 0 Å². The Hall–Kier alpha value is -4.49. The summed E-state index contributed by atoms with van der Waals surface area (Å²) in [6.45, 7) is 2.97. The van der Waals surface area contributed by atoms with Crippen LogP contribution in [0, 0.1) is 23.5 Å². The molecular weight excluding hydrogens is 484 g/mol. The number of benzene rings is 2. The van der Waals surface area contributed by atoms with E-state index in [0.717, 1.165) is 12.1 Å². The van der Waals surface area contributed by atoms with Gasteiger partial charge in [-0.3, -0.25) is 14.6 Å². The Labute approximate surface area is 211 Å². The lowest BCUT2D eigenvalue weighted by Crippen LogP contribution is -2.49. The molecule has 1 atom stereocenters. The Morgan fingerprint density at radius 1 is 1.22 bits per heavy atom. The maximum atomic E-state index is 13.9. The molecule has 3 aromatic rings. The monoisotopic (exact) mass is 507 g/mol. The zero-order valence-corrected chi connectivity index (χ0v) is 20.2. The smallest absolute Gasteiger partial charge is 0.270 e. The molecule has 0 fully saturated rings. The molecule has 1 aliphatic rings. The third-order valence-electron chi connectivity index (χ3n) is 5.28. The molecule has 2 aromatic carbocycles. The highest BCUT2D eigenvalue weighted by Gasteiger charge is 2.31. The van der Waals surface area contributed by atoms with Crippen molar-refractivity contribution in [3.05, 3.63) is 77.6 Å². The lowest BCUT2D eigenvalue weighted by molar-refractivity contribution is -0.120. The van der Waals surface area contributed by atoms with Gasteiger partial charge in [0.2, 0.25) is 0 Å². The molecule has 0 unspecified atom stereocenters. The molecule has 0 aliphatic carbocycles. The van der Waals surface area contributed by atoms with Gasteiger partial charge in [-0.15, -0.1) is 0 Å². The van der Waals surface area contributed by atoms with E-state index in [2.05, 4.69) is 22.1 Å². The maximum absolute atomic E-state index is 13.9. The van der Waals surface area contributed by atoms with E-state index in [0.29, 0.717) is 17.0 Å². The van der Waals surface area contributed by atoms with E-state index in [1.54, 1.807) is 32.0 Å². The Kier molecular flexibility index (Phi) is 7.09. The quantitative estimate of drug-likeness (QED) is 0.525. The van der Waals surface area contributed by atoms with E-state index in [1.165, 1.54) is 36.3 Å². The highest BCUT2D eigenvalue weighted by Crippen LogP contribution is 2.32. The number of nitrogens with zero attached hydrogens (tertiary/aromatic N) is 2. The van der Waals surface area contributed by atoms with E-state index in [1.807, 2.05) is 0 Å². The molecule has 1 aromatic heterocycles.